The summed E-state index contributed by atoms with van der Waals surface area (Å²) in [5.41, 5.74) is 0.781. The summed E-state index contributed by atoms with van der Waals surface area (Å²) in [7, 11) is 0. The number of nitrogens with zero attached hydrogens (tertiary/aromatic N) is 1. The van der Waals surface area contributed by atoms with Gasteiger partial charge in [0.25, 0.3) is 0 Å². The number of hydrogen-bond acceptors (Lipinski definition) is 4. The highest BCUT2D eigenvalue weighted by atomic mass is 19.1. The molecule has 25 heavy (non-hydrogen) atoms. The fourth-order valence-corrected chi connectivity index (χ4v) is 2.98. The maximum atomic E-state index is 14.1. The molecule has 0 spiro atoms. The van der Waals surface area contributed by atoms with E-state index in [1.165, 1.54) is 6.07 Å². The quantitative estimate of drug-likeness (QED) is 0.679. The van der Waals surface area contributed by atoms with E-state index in [1.807, 2.05) is 24.3 Å². The van der Waals surface area contributed by atoms with Crippen LogP contribution in [0.25, 0.3) is 0 Å². The summed E-state index contributed by atoms with van der Waals surface area (Å²) in [4.78, 5) is 15.0. The largest absolute Gasteiger partial charge is 0.490 e. The third kappa shape index (κ3) is 4.68. The normalized spacial score (nSPS) is 18.6. The molecule has 6 heteroatoms. The van der Waals surface area contributed by atoms with Crippen LogP contribution in [0.3, 0.4) is 0 Å². The van der Waals surface area contributed by atoms with Crippen molar-refractivity contribution in [1.29, 1.82) is 0 Å². The number of benzene rings is 1. The lowest BCUT2D eigenvalue weighted by atomic mass is 10.1. The first-order valence-corrected chi connectivity index (χ1v) is 8.43. The summed E-state index contributed by atoms with van der Waals surface area (Å²) < 4.78 is 19.8. The lowest BCUT2D eigenvalue weighted by Gasteiger charge is -2.13. The van der Waals surface area contributed by atoms with Crippen molar-refractivity contribution in [3.63, 3.8) is 0 Å². The minimum Gasteiger partial charge on any atom is -0.490 e. The second kappa shape index (κ2) is 7.96. The van der Waals surface area contributed by atoms with Crippen LogP contribution in [0.2, 0.25) is 0 Å². The summed E-state index contributed by atoms with van der Waals surface area (Å²) in [6.45, 7) is 1.05. The first-order valence-electron chi connectivity index (χ1n) is 8.43. The van der Waals surface area contributed by atoms with Gasteiger partial charge in [-0.3, -0.25) is 4.79 Å². The molecule has 1 saturated carbocycles. The highest BCUT2D eigenvalue weighted by Gasteiger charge is 2.41. The van der Waals surface area contributed by atoms with Gasteiger partial charge in [-0.05, 0) is 42.9 Å². The lowest BCUT2D eigenvalue weighted by Crippen LogP contribution is -2.09. The molecule has 1 aromatic heterocycles. The van der Waals surface area contributed by atoms with Crippen molar-refractivity contribution in [1.82, 2.24) is 4.98 Å². The average molecular weight is 344 g/mol. The van der Waals surface area contributed by atoms with Crippen molar-refractivity contribution in [3.05, 3.63) is 54.0 Å². The molecule has 0 aliphatic heterocycles. The second-order valence-electron chi connectivity index (χ2n) is 6.20. The predicted molar refractivity (Wildman–Crippen MR) is 92.3 cm³/mol. The Balaban J connectivity index is 1.51. The van der Waals surface area contributed by atoms with Crippen LogP contribution in [-0.2, 0) is 4.79 Å². The second-order valence-corrected chi connectivity index (χ2v) is 6.20. The predicted octanol–water partition coefficient (Wildman–Crippen LogP) is 3.68. The van der Waals surface area contributed by atoms with Gasteiger partial charge >= 0.3 is 5.97 Å². The van der Waals surface area contributed by atoms with Crippen LogP contribution in [-0.4, -0.2) is 29.2 Å². The van der Waals surface area contributed by atoms with Crippen molar-refractivity contribution < 1.29 is 19.0 Å². The van der Waals surface area contributed by atoms with Crippen molar-refractivity contribution in [2.75, 3.05) is 18.5 Å². The molecular weight excluding hydrogens is 323 g/mol. The number of para-hydroxylation sites is 1. The number of ether oxygens (including phenoxy) is 1. The highest BCUT2D eigenvalue weighted by molar-refractivity contribution is 5.68. The number of anilines is 1. The van der Waals surface area contributed by atoms with E-state index in [0.29, 0.717) is 19.6 Å². The average Bonchev–Trinajstić information content (AvgIpc) is 3.34. The van der Waals surface area contributed by atoms with Gasteiger partial charge in [0.05, 0.1) is 6.61 Å². The highest BCUT2D eigenvalue weighted by Crippen LogP contribution is 2.52. The SMILES string of the molecule is O=C(O)CC1CC1c1cccc(F)c1OCCCNc1ccccn1. The van der Waals surface area contributed by atoms with Crippen LogP contribution in [0, 0.1) is 11.7 Å². The smallest absolute Gasteiger partial charge is 0.303 e. The zero-order valence-electron chi connectivity index (χ0n) is 13.8. The van der Waals surface area contributed by atoms with Crippen LogP contribution in [0.4, 0.5) is 10.2 Å². The van der Waals surface area contributed by atoms with Crippen LogP contribution in [0.5, 0.6) is 5.75 Å². The maximum Gasteiger partial charge on any atom is 0.303 e. The Kier molecular flexibility index (Phi) is 5.48. The molecule has 1 fully saturated rings. The van der Waals surface area contributed by atoms with E-state index in [9.17, 15) is 9.18 Å². The van der Waals surface area contributed by atoms with Crippen LogP contribution >= 0.6 is 0 Å². The molecule has 2 aromatic rings. The molecule has 2 atom stereocenters. The van der Waals surface area contributed by atoms with Gasteiger partial charge < -0.3 is 15.2 Å². The molecule has 3 rings (SSSR count). The Morgan fingerprint density at radius 3 is 2.96 bits per heavy atom. The molecule has 2 N–H and O–H groups in total. The fourth-order valence-electron chi connectivity index (χ4n) is 2.98. The number of nitrogens with one attached hydrogen (secondary N) is 1. The topological polar surface area (TPSA) is 71.5 Å². The molecule has 1 heterocycles. The van der Waals surface area contributed by atoms with Gasteiger partial charge in [0.15, 0.2) is 11.6 Å². The summed E-state index contributed by atoms with van der Waals surface area (Å²) in [5.74, 6) is 0.00541. The minimum atomic E-state index is -0.813. The van der Waals surface area contributed by atoms with Crippen molar-refractivity contribution in [2.45, 2.75) is 25.2 Å². The number of aromatic nitrogens is 1. The van der Waals surface area contributed by atoms with Crippen LogP contribution in [0.1, 0.15) is 30.7 Å². The Morgan fingerprint density at radius 2 is 2.20 bits per heavy atom. The van der Waals surface area contributed by atoms with Crippen molar-refractivity contribution in [3.8, 4) is 5.75 Å². The van der Waals surface area contributed by atoms with E-state index in [-0.39, 0.29) is 24.0 Å². The summed E-state index contributed by atoms with van der Waals surface area (Å²) in [6.07, 6.45) is 3.31. The van der Waals surface area contributed by atoms with E-state index in [2.05, 4.69) is 10.3 Å². The fraction of sp³-hybridized carbons (Fsp3) is 0.368. The molecule has 1 aromatic carbocycles. The van der Waals surface area contributed by atoms with Crippen molar-refractivity contribution in [2.24, 2.45) is 5.92 Å². The molecule has 5 nitrogen and oxygen atoms in total. The maximum absolute atomic E-state index is 14.1. The number of halogens is 1. The Bertz CT molecular complexity index is 724. The summed E-state index contributed by atoms with van der Waals surface area (Å²) in [5, 5.41) is 12.1. The van der Waals surface area contributed by atoms with Gasteiger partial charge in [-0.2, -0.15) is 0 Å². The van der Waals surface area contributed by atoms with E-state index >= 15 is 0 Å². The third-order valence-corrected chi connectivity index (χ3v) is 4.29. The van der Waals surface area contributed by atoms with Crippen LogP contribution < -0.4 is 10.1 Å². The summed E-state index contributed by atoms with van der Waals surface area (Å²) >= 11 is 0. The van der Waals surface area contributed by atoms with Crippen LogP contribution in [0.15, 0.2) is 42.6 Å². The number of rotatable bonds is 9. The molecule has 1 aliphatic carbocycles. The molecular formula is C19H21FN2O3. The van der Waals surface area contributed by atoms with Gasteiger partial charge in [0, 0.05) is 24.7 Å². The Morgan fingerprint density at radius 1 is 1.32 bits per heavy atom. The number of carboxylic acid groups (broad SMARTS) is 1. The number of carbonyl (C=O) groups is 1. The zero-order valence-corrected chi connectivity index (χ0v) is 13.8. The Hall–Kier alpha value is -2.63. The number of aliphatic carboxylic acids is 1. The molecule has 0 bridgehead atoms. The Labute approximate surface area is 145 Å². The van der Waals surface area contributed by atoms with Gasteiger partial charge in [-0.1, -0.05) is 18.2 Å². The number of hydrogen-bond donors (Lipinski definition) is 2. The molecule has 0 amide bonds. The molecule has 2 unspecified atom stereocenters. The summed E-state index contributed by atoms with van der Waals surface area (Å²) in [6, 6.07) is 10.5. The molecule has 0 radical (unpaired) electrons. The first-order chi connectivity index (χ1) is 12.1. The monoisotopic (exact) mass is 344 g/mol. The van der Waals surface area contributed by atoms with Crippen molar-refractivity contribution >= 4 is 11.8 Å². The van der Waals surface area contributed by atoms with Gasteiger partial charge in [-0.25, -0.2) is 9.37 Å². The van der Waals surface area contributed by atoms with Gasteiger partial charge in [-0.15, -0.1) is 0 Å². The number of pyridine rings is 1. The van der Waals surface area contributed by atoms with Gasteiger partial charge in [0.1, 0.15) is 5.82 Å². The third-order valence-electron chi connectivity index (χ3n) is 4.29. The first kappa shape index (κ1) is 17.2. The molecule has 0 saturated heterocycles. The van der Waals surface area contributed by atoms with E-state index in [1.54, 1.807) is 12.3 Å². The van der Waals surface area contributed by atoms with Gasteiger partial charge in [0.2, 0.25) is 0 Å². The van der Waals surface area contributed by atoms with E-state index in [0.717, 1.165) is 17.8 Å². The standard InChI is InChI=1S/C19H21FN2O3/c20-16-6-3-5-14(15-11-13(15)12-18(23)24)19(16)25-10-4-9-22-17-7-1-2-8-21-17/h1-3,5-8,13,15H,4,9-12H2,(H,21,22)(H,23,24). The van der Waals surface area contributed by atoms with E-state index in [4.69, 9.17) is 9.84 Å². The minimum absolute atomic E-state index is 0.0764. The zero-order chi connectivity index (χ0) is 17.6. The molecule has 132 valence electrons. The lowest BCUT2D eigenvalue weighted by molar-refractivity contribution is -0.137. The number of carboxylic acids is 1. The van der Waals surface area contributed by atoms with E-state index < -0.39 is 11.8 Å². The molecule has 1 aliphatic rings.